The Balaban J connectivity index is 2.15. The lowest BCUT2D eigenvalue weighted by Crippen LogP contribution is -2.20. The van der Waals surface area contributed by atoms with Crippen molar-refractivity contribution in [3.63, 3.8) is 0 Å². The first-order chi connectivity index (χ1) is 8.22. The largest absolute Gasteiger partial charge is 0.383 e. The van der Waals surface area contributed by atoms with Gasteiger partial charge < -0.3 is 14.6 Å². The lowest BCUT2D eigenvalue weighted by Gasteiger charge is -2.04. The van der Waals surface area contributed by atoms with Gasteiger partial charge in [-0.05, 0) is 18.2 Å². The van der Waals surface area contributed by atoms with Crippen LogP contribution in [0.15, 0.2) is 18.2 Å². The van der Waals surface area contributed by atoms with E-state index < -0.39 is 0 Å². The monoisotopic (exact) mass is 253 g/mol. The molecule has 0 saturated heterocycles. The van der Waals surface area contributed by atoms with Gasteiger partial charge in [0.25, 0.3) is 0 Å². The molecule has 0 aliphatic carbocycles. The highest BCUT2D eigenvalue weighted by Crippen LogP contribution is 2.19. The zero-order valence-corrected chi connectivity index (χ0v) is 10.8. The summed E-state index contributed by atoms with van der Waals surface area (Å²) in [5, 5.41) is 3.99. The topological polar surface area (TPSA) is 39.1 Å². The Morgan fingerprint density at radius 1 is 1.47 bits per heavy atom. The molecule has 1 aromatic carbocycles. The van der Waals surface area contributed by atoms with E-state index in [1.165, 1.54) is 0 Å². The highest BCUT2D eigenvalue weighted by atomic mass is 35.5. The number of methoxy groups -OCH3 is 1. The first kappa shape index (κ1) is 12.4. The zero-order chi connectivity index (χ0) is 12.3. The van der Waals surface area contributed by atoms with Crippen LogP contribution in [-0.4, -0.2) is 29.8 Å². The van der Waals surface area contributed by atoms with Gasteiger partial charge in [-0.3, -0.25) is 0 Å². The Bertz CT molecular complexity index is 510. The summed E-state index contributed by atoms with van der Waals surface area (Å²) in [7, 11) is 3.70. The molecule has 1 aromatic heterocycles. The summed E-state index contributed by atoms with van der Waals surface area (Å²) < 4.78 is 7.05. The molecule has 2 aromatic rings. The van der Waals surface area contributed by atoms with Crippen LogP contribution in [0.2, 0.25) is 5.02 Å². The number of aromatic nitrogens is 2. The van der Waals surface area contributed by atoms with Crippen LogP contribution in [-0.2, 0) is 18.3 Å². The minimum Gasteiger partial charge on any atom is -0.383 e. The minimum atomic E-state index is 0.704. The van der Waals surface area contributed by atoms with Crippen molar-refractivity contribution in [2.24, 2.45) is 7.05 Å². The summed E-state index contributed by atoms with van der Waals surface area (Å²) in [6.45, 7) is 2.25. The highest BCUT2D eigenvalue weighted by molar-refractivity contribution is 6.31. The molecule has 0 spiro atoms. The van der Waals surface area contributed by atoms with E-state index in [9.17, 15) is 0 Å². The minimum absolute atomic E-state index is 0.704. The average molecular weight is 254 g/mol. The van der Waals surface area contributed by atoms with Crippen molar-refractivity contribution in [2.75, 3.05) is 20.3 Å². The maximum atomic E-state index is 5.94. The predicted molar refractivity (Wildman–Crippen MR) is 69.3 cm³/mol. The highest BCUT2D eigenvalue weighted by Gasteiger charge is 2.07. The first-order valence-corrected chi connectivity index (χ1v) is 5.90. The molecule has 17 heavy (non-hydrogen) atoms. The second-order valence-electron chi connectivity index (χ2n) is 3.89. The Labute approximate surface area is 106 Å². The number of hydrogen-bond acceptors (Lipinski definition) is 3. The molecule has 92 valence electrons. The standard InChI is InChI=1S/C12H16ClN3O/c1-16-11-4-3-9(13)7-10(11)15-12(16)8-14-5-6-17-2/h3-4,7,14H,5-6,8H2,1-2H3. The lowest BCUT2D eigenvalue weighted by molar-refractivity contribution is 0.199. The number of aryl methyl sites for hydroxylation is 1. The number of nitrogens with zero attached hydrogens (tertiary/aromatic N) is 2. The number of halogens is 1. The maximum Gasteiger partial charge on any atom is 0.123 e. The molecule has 1 heterocycles. The van der Waals surface area contributed by atoms with Crippen molar-refractivity contribution in [2.45, 2.75) is 6.54 Å². The van der Waals surface area contributed by atoms with E-state index in [1.54, 1.807) is 7.11 Å². The van der Waals surface area contributed by atoms with Gasteiger partial charge in [-0.25, -0.2) is 4.98 Å². The van der Waals surface area contributed by atoms with Crippen molar-refractivity contribution < 1.29 is 4.74 Å². The Hall–Kier alpha value is -1.10. The van der Waals surface area contributed by atoms with Crippen LogP contribution in [0.4, 0.5) is 0 Å². The lowest BCUT2D eigenvalue weighted by atomic mass is 10.3. The van der Waals surface area contributed by atoms with E-state index in [1.807, 2.05) is 25.2 Å². The molecule has 0 atom stereocenters. The second-order valence-corrected chi connectivity index (χ2v) is 4.33. The number of benzene rings is 1. The molecule has 0 saturated carbocycles. The van der Waals surface area contributed by atoms with Crippen LogP contribution < -0.4 is 5.32 Å². The predicted octanol–water partition coefficient (Wildman–Crippen LogP) is 1.96. The molecular formula is C12H16ClN3O. The van der Waals surface area contributed by atoms with Crippen molar-refractivity contribution in [1.82, 2.24) is 14.9 Å². The normalized spacial score (nSPS) is 11.2. The summed E-state index contributed by atoms with van der Waals surface area (Å²) in [5.74, 6) is 0.998. The first-order valence-electron chi connectivity index (χ1n) is 5.53. The fourth-order valence-corrected chi connectivity index (χ4v) is 1.92. The third-order valence-electron chi connectivity index (χ3n) is 2.70. The van der Waals surface area contributed by atoms with Gasteiger partial charge in [0.2, 0.25) is 0 Å². The van der Waals surface area contributed by atoms with E-state index in [0.29, 0.717) is 6.61 Å². The number of ether oxygens (including phenoxy) is 1. The third kappa shape index (κ3) is 2.77. The van der Waals surface area contributed by atoms with E-state index in [-0.39, 0.29) is 0 Å². The summed E-state index contributed by atoms with van der Waals surface area (Å²) in [6.07, 6.45) is 0. The molecule has 0 aliphatic heterocycles. The number of rotatable bonds is 5. The fraction of sp³-hybridized carbons (Fsp3) is 0.417. The van der Waals surface area contributed by atoms with Gasteiger partial charge in [-0.2, -0.15) is 0 Å². The molecule has 0 bridgehead atoms. The quantitative estimate of drug-likeness (QED) is 0.828. The van der Waals surface area contributed by atoms with Gasteiger partial charge in [0, 0.05) is 25.7 Å². The molecule has 2 rings (SSSR count). The second kappa shape index (κ2) is 5.49. The summed E-state index contributed by atoms with van der Waals surface area (Å²) in [6, 6.07) is 5.76. The van der Waals surface area contributed by atoms with Gasteiger partial charge in [-0.1, -0.05) is 11.6 Å². The molecule has 0 radical (unpaired) electrons. The maximum absolute atomic E-state index is 5.94. The number of fused-ring (bicyclic) bond motifs is 1. The van der Waals surface area contributed by atoms with E-state index in [4.69, 9.17) is 16.3 Å². The summed E-state index contributed by atoms with van der Waals surface area (Å²) in [4.78, 5) is 4.55. The van der Waals surface area contributed by atoms with Crippen molar-refractivity contribution in [3.05, 3.63) is 29.0 Å². The van der Waals surface area contributed by atoms with Crippen LogP contribution in [0.3, 0.4) is 0 Å². The van der Waals surface area contributed by atoms with Crippen LogP contribution in [0, 0.1) is 0 Å². The molecule has 5 heteroatoms. The smallest absolute Gasteiger partial charge is 0.123 e. The number of nitrogens with one attached hydrogen (secondary N) is 1. The van der Waals surface area contributed by atoms with Gasteiger partial charge >= 0.3 is 0 Å². The van der Waals surface area contributed by atoms with Crippen molar-refractivity contribution in [1.29, 1.82) is 0 Å². The molecule has 4 nitrogen and oxygen atoms in total. The van der Waals surface area contributed by atoms with Gasteiger partial charge in [0.05, 0.1) is 24.2 Å². The van der Waals surface area contributed by atoms with Gasteiger partial charge in [0.1, 0.15) is 5.82 Å². The molecule has 0 aliphatic rings. The number of hydrogen-bond donors (Lipinski definition) is 1. The van der Waals surface area contributed by atoms with E-state index >= 15 is 0 Å². The van der Waals surface area contributed by atoms with Crippen molar-refractivity contribution in [3.8, 4) is 0 Å². The molecule has 0 unspecified atom stereocenters. The Morgan fingerprint density at radius 2 is 2.29 bits per heavy atom. The van der Waals surface area contributed by atoms with Crippen LogP contribution in [0.5, 0.6) is 0 Å². The molecule has 0 amide bonds. The molecule has 1 N–H and O–H groups in total. The third-order valence-corrected chi connectivity index (χ3v) is 2.94. The molecule has 0 fully saturated rings. The number of imidazole rings is 1. The average Bonchev–Trinajstić information content (AvgIpc) is 2.61. The van der Waals surface area contributed by atoms with E-state index in [0.717, 1.165) is 35.0 Å². The Morgan fingerprint density at radius 3 is 3.06 bits per heavy atom. The van der Waals surface area contributed by atoms with Gasteiger partial charge in [0.15, 0.2) is 0 Å². The fourth-order valence-electron chi connectivity index (χ4n) is 1.76. The van der Waals surface area contributed by atoms with Gasteiger partial charge in [-0.15, -0.1) is 0 Å². The van der Waals surface area contributed by atoms with E-state index in [2.05, 4.69) is 14.9 Å². The zero-order valence-electron chi connectivity index (χ0n) is 10.0. The van der Waals surface area contributed by atoms with Crippen molar-refractivity contribution >= 4 is 22.6 Å². The van der Waals surface area contributed by atoms with Crippen LogP contribution in [0.1, 0.15) is 5.82 Å². The SMILES string of the molecule is COCCNCc1nc2cc(Cl)ccc2n1C. The van der Waals surface area contributed by atoms with Crippen LogP contribution in [0.25, 0.3) is 11.0 Å². The Kier molecular flexibility index (Phi) is 3.99. The van der Waals surface area contributed by atoms with Crippen LogP contribution >= 0.6 is 11.6 Å². The molecular weight excluding hydrogens is 238 g/mol. The summed E-state index contributed by atoms with van der Waals surface area (Å²) >= 11 is 5.94. The summed E-state index contributed by atoms with van der Waals surface area (Å²) in [5.41, 5.74) is 2.03.